The Labute approximate surface area is 192 Å². The Morgan fingerprint density at radius 1 is 1.03 bits per heavy atom. The second-order valence-electron chi connectivity index (χ2n) is 6.94. The first kappa shape index (κ1) is 20.3. The number of hydrogen-bond donors (Lipinski definition) is 1. The van der Waals surface area contributed by atoms with Gasteiger partial charge in [0.1, 0.15) is 11.0 Å². The number of para-hydroxylation sites is 1. The van der Waals surface area contributed by atoms with Gasteiger partial charge in [-0.2, -0.15) is 8.75 Å². The molecule has 1 N–H and O–H groups in total. The lowest BCUT2D eigenvalue weighted by Crippen LogP contribution is -2.15. The number of pyridine rings is 1. The van der Waals surface area contributed by atoms with Crippen LogP contribution in [0.25, 0.3) is 28.1 Å². The minimum absolute atomic E-state index is 0.153. The normalized spacial score (nSPS) is 11.0. The van der Waals surface area contributed by atoms with E-state index in [-0.39, 0.29) is 11.7 Å². The van der Waals surface area contributed by atoms with Crippen LogP contribution in [0.1, 0.15) is 5.56 Å². The smallest absolute Gasteiger partial charge is 0.234 e. The molecule has 158 valence electrons. The summed E-state index contributed by atoms with van der Waals surface area (Å²) in [6.07, 6.45) is 3.45. The largest absolute Gasteiger partial charge is 0.323 e. The Morgan fingerprint density at radius 2 is 1.88 bits per heavy atom. The van der Waals surface area contributed by atoms with Crippen LogP contribution in [0.15, 0.2) is 72.1 Å². The van der Waals surface area contributed by atoms with Gasteiger partial charge in [0, 0.05) is 18.0 Å². The minimum atomic E-state index is -0.153. The van der Waals surface area contributed by atoms with E-state index in [0.717, 1.165) is 34.1 Å². The molecule has 0 saturated heterocycles. The number of aryl methyl sites for hydroxylation is 1. The second-order valence-corrected chi connectivity index (χ2v) is 8.41. The third kappa shape index (κ3) is 3.97. The van der Waals surface area contributed by atoms with Gasteiger partial charge in [0.2, 0.25) is 5.91 Å². The fourth-order valence-electron chi connectivity index (χ4n) is 3.31. The van der Waals surface area contributed by atoms with Crippen LogP contribution in [0.4, 0.5) is 5.69 Å². The van der Waals surface area contributed by atoms with Crippen molar-refractivity contribution in [2.75, 3.05) is 11.1 Å². The molecule has 5 aromatic rings. The van der Waals surface area contributed by atoms with Gasteiger partial charge in [-0.05, 0) is 42.8 Å². The predicted molar refractivity (Wildman–Crippen MR) is 126 cm³/mol. The molecular weight excluding hydrogens is 442 g/mol. The Morgan fingerprint density at radius 3 is 2.72 bits per heavy atom. The molecule has 8 nitrogen and oxygen atoms in total. The maximum absolute atomic E-state index is 12.7. The molecule has 2 aromatic carbocycles. The zero-order valence-electron chi connectivity index (χ0n) is 17.0. The first-order valence-electron chi connectivity index (χ1n) is 9.76. The van der Waals surface area contributed by atoms with Crippen molar-refractivity contribution < 1.29 is 4.79 Å². The number of amides is 1. The summed E-state index contributed by atoms with van der Waals surface area (Å²) in [5.74, 6) is 0.720. The van der Waals surface area contributed by atoms with Crippen molar-refractivity contribution >= 4 is 46.1 Å². The van der Waals surface area contributed by atoms with Gasteiger partial charge in [0.25, 0.3) is 0 Å². The van der Waals surface area contributed by atoms with Gasteiger partial charge in [0.15, 0.2) is 11.0 Å². The van der Waals surface area contributed by atoms with Gasteiger partial charge < -0.3 is 5.32 Å². The molecule has 0 fully saturated rings. The quantitative estimate of drug-likeness (QED) is 0.376. The molecule has 3 aromatic heterocycles. The number of anilines is 1. The highest BCUT2D eigenvalue weighted by atomic mass is 32.2. The molecule has 0 aliphatic carbocycles. The van der Waals surface area contributed by atoms with Crippen molar-refractivity contribution in [3.63, 3.8) is 0 Å². The van der Waals surface area contributed by atoms with E-state index in [1.54, 1.807) is 12.4 Å². The van der Waals surface area contributed by atoms with E-state index in [0.29, 0.717) is 22.2 Å². The Bertz CT molecular complexity index is 1400. The summed E-state index contributed by atoms with van der Waals surface area (Å²) >= 11 is 2.45. The first-order chi connectivity index (χ1) is 15.7. The average molecular weight is 460 g/mol. The van der Waals surface area contributed by atoms with Crippen molar-refractivity contribution in [3.8, 4) is 17.1 Å². The molecule has 0 radical (unpaired) electrons. The number of carbonyl (C=O) groups excluding carboxylic acids is 1. The molecule has 0 aliphatic rings. The molecule has 1 amide bonds. The minimum Gasteiger partial charge on any atom is -0.323 e. The highest BCUT2D eigenvalue weighted by molar-refractivity contribution is 7.99. The number of thioether (sulfide) groups is 1. The summed E-state index contributed by atoms with van der Waals surface area (Å²) in [5.41, 5.74) is 5.05. The number of rotatable bonds is 6. The van der Waals surface area contributed by atoms with Gasteiger partial charge in [0.05, 0.1) is 28.9 Å². The fraction of sp³-hybridized carbons (Fsp3) is 0.0909. The lowest BCUT2D eigenvalue weighted by atomic mass is 10.2. The van der Waals surface area contributed by atoms with Crippen LogP contribution in [-0.2, 0) is 4.79 Å². The molecule has 0 bridgehead atoms. The van der Waals surface area contributed by atoms with Crippen molar-refractivity contribution in [2.45, 2.75) is 12.1 Å². The van der Waals surface area contributed by atoms with Crippen LogP contribution >= 0.6 is 23.5 Å². The third-order valence-electron chi connectivity index (χ3n) is 4.82. The monoisotopic (exact) mass is 459 g/mol. The van der Waals surface area contributed by atoms with Crippen molar-refractivity contribution in [3.05, 3.63) is 72.6 Å². The van der Waals surface area contributed by atoms with Crippen molar-refractivity contribution in [1.82, 2.24) is 28.5 Å². The van der Waals surface area contributed by atoms with E-state index in [4.69, 9.17) is 0 Å². The average Bonchev–Trinajstić information content (AvgIpc) is 3.46. The number of fused-ring (bicyclic) bond motifs is 1. The topological polar surface area (TPSA) is 98.5 Å². The fourth-order valence-corrected chi connectivity index (χ4v) is 4.60. The Hall–Kier alpha value is -3.63. The summed E-state index contributed by atoms with van der Waals surface area (Å²) in [4.78, 5) is 16.8. The lowest BCUT2D eigenvalue weighted by molar-refractivity contribution is -0.113. The van der Waals surface area contributed by atoms with Gasteiger partial charge in [-0.1, -0.05) is 36.0 Å². The van der Waals surface area contributed by atoms with E-state index < -0.39 is 0 Å². The molecular formula is C22H17N7OS2. The molecule has 0 atom stereocenters. The Balaban J connectivity index is 1.42. The summed E-state index contributed by atoms with van der Waals surface area (Å²) < 4.78 is 10.5. The van der Waals surface area contributed by atoms with E-state index in [2.05, 4.69) is 29.2 Å². The first-order valence-corrected chi connectivity index (χ1v) is 11.5. The van der Waals surface area contributed by atoms with Crippen LogP contribution < -0.4 is 5.32 Å². The zero-order chi connectivity index (χ0) is 21.9. The number of nitrogens with one attached hydrogen (secondary N) is 1. The number of hydrogen-bond acceptors (Lipinski definition) is 8. The molecule has 0 unspecified atom stereocenters. The van der Waals surface area contributed by atoms with Crippen molar-refractivity contribution in [1.29, 1.82) is 0 Å². The van der Waals surface area contributed by atoms with Crippen LogP contribution in [0.5, 0.6) is 0 Å². The third-order valence-corrected chi connectivity index (χ3v) is 6.29. The van der Waals surface area contributed by atoms with Gasteiger partial charge in [-0.25, -0.2) is 0 Å². The van der Waals surface area contributed by atoms with E-state index in [1.165, 1.54) is 11.8 Å². The van der Waals surface area contributed by atoms with Crippen LogP contribution in [0.3, 0.4) is 0 Å². The molecule has 32 heavy (non-hydrogen) atoms. The highest BCUT2D eigenvalue weighted by Gasteiger charge is 2.19. The second kappa shape index (κ2) is 8.85. The predicted octanol–water partition coefficient (Wildman–Crippen LogP) is 4.37. The Kier molecular flexibility index (Phi) is 5.61. The summed E-state index contributed by atoms with van der Waals surface area (Å²) in [7, 11) is 0. The van der Waals surface area contributed by atoms with E-state index >= 15 is 0 Å². The SMILES string of the molecule is Cc1ccccc1-n1c(SCC(=O)Nc2cccc3nsnc23)nnc1-c1ccncc1. The highest BCUT2D eigenvalue weighted by Crippen LogP contribution is 2.29. The molecule has 0 saturated carbocycles. The van der Waals surface area contributed by atoms with Crippen LogP contribution in [-0.4, -0.2) is 40.2 Å². The number of carbonyl (C=O) groups is 1. The molecule has 0 spiro atoms. The van der Waals surface area contributed by atoms with Crippen molar-refractivity contribution in [2.24, 2.45) is 0 Å². The van der Waals surface area contributed by atoms with Gasteiger partial charge in [-0.15, -0.1) is 10.2 Å². The van der Waals surface area contributed by atoms with Crippen LogP contribution in [0.2, 0.25) is 0 Å². The number of nitrogens with zero attached hydrogens (tertiary/aromatic N) is 6. The van der Waals surface area contributed by atoms with E-state index in [9.17, 15) is 4.79 Å². The van der Waals surface area contributed by atoms with Gasteiger partial charge in [-0.3, -0.25) is 14.3 Å². The van der Waals surface area contributed by atoms with Gasteiger partial charge >= 0.3 is 0 Å². The molecule has 10 heteroatoms. The number of benzene rings is 2. The molecule has 3 heterocycles. The molecule has 0 aliphatic heterocycles. The zero-order valence-corrected chi connectivity index (χ0v) is 18.6. The molecule has 5 rings (SSSR count). The summed E-state index contributed by atoms with van der Waals surface area (Å²) in [6, 6.07) is 17.3. The number of aromatic nitrogens is 6. The maximum atomic E-state index is 12.7. The summed E-state index contributed by atoms with van der Waals surface area (Å²) in [5, 5.41) is 12.4. The maximum Gasteiger partial charge on any atom is 0.234 e. The lowest BCUT2D eigenvalue weighted by Gasteiger charge is -2.13. The standard InChI is InChI=1S/C22H17N7OS2/c1-14-5-2-3-8-18(14)29-21(15-9-11-23-12-10-15)25-26-22(29)31-13-19(30)24-16-6-4-7-17-20(16)28-32-27-17/h2-12H,13H2,1H3,(H,24,30). The van der Waals surface area contributed by atoms with E-state index in [1.807, 2.05) is 66.1 Å². The summed E-state index contributed by atoms with van der Waals surface area (Å²) in [6.45, 7) is 2.04. The van der Waals surface area contributed by atoms with Crippen LogP contribution in [0, 0.1) is 6.92 Å².